The fourth-order valence-corrected chi connectivity index (χ4v) is 4.94. The van der Waals surface area contributed by atoms with E-state index in [1.165, 1.54) is 38.3 Å². The molecule has 20 heavy (non-hydrogen) atoms. The minimum atomic E-state index is -0.918. The van der Waals surface area contributed by atoms with Crippen molar-refractivity contribution in [2.45, 2.75) is 38.1 Å². The maximum atomic E-state index is 10.8. The van der Waals surface area contributed by atoms with Gasteiger partial charge in [-0.3, -0.25) is 0 Å². The Labute approximate surface area is 118 Å². The van der Waals surface area contributed by atoms with Crippen molar-refractivity contribution in [1.82, 2.24) is 4.98 Å². The van der Waals surface area contributed by atoms with Crippen LogP contribution < -0.4 is 5.32 Å². The minimum Gasteiger partial charge on any atom is -0.478 e. The average molecular weight is 272 g/mol. The van der Waals surface area contributed by atoms with Gasteiger partial charge >= 0.3 is 5.97 Å². The number of anilines is 1. The first kappa shape index (κ1) is 12.2. The number of hydrogen-bond donors (Lipinski definition) is 2. The Balaban J connectivity index is 1.50. The number of nitrogens with one attached hydrogen (secondary N) is 1. The van der Waals surface area contributed by atoms with Gasteiger partial charge in [0, 0.05) is 12.2 Å². The number of carboxylic acids is 1. The molecule has 0 radical (unpaired) electrons. The zero-order valence-electron chi connectivity index (χ0n) is 11.5. The standard InChI is InChI=1S/C16H20N2O2/c19-16(20)11-1-2-14(17-8-11)18-15-12-4-9-3-10(6-12)7-13(15)5-9/h1-2,8-10,12-13,15H,3-7H2,(H,17,18)(H,19,20). The van der Waals surface area contributed by atoms with E-state index in [-0.39, 0.29) is 5.56 Å². The number of hydrogen-bond acceptors (Lipinski definition) is 3. The molecule has 0 spiro atoms. The summed E-state index contributed by atoms with van der Waals surface area (Å²) in [6, 6.07) is 3.98. The monoisotopic (exact) mass is 272 g/mol. The van der Waals surface area contributed by atoms with Crippen LogP contribution in [0.25, 0.3) is 0 Å². The summed E-state index contributed by atoms with van der Waals surface area (Å²) < 4.78 is 0. The second-order valence-corrected chi connectivity index (χ2v) is 6.84. The van der Waals surface area contributed by atoms with E-state index in [1.807, 2.05) is 0 Å². The van der Waals surface area contributed by atoms with Crippen LogP contribution in [0.5, 0.6) is 0 Å². The number of pyridine rings is 1. The Morgan fingerprint density at radius 3 is 2.25 bits per heavy atom. The van der Waals surface area contributed by atoms with Crippen molar-refractivity contribution in [3.05, 3.63) is 23.9 Å². The molecule has 0 saturated heterocycles. The first-order valence-corrected chi connectivity index (χ1v) is 7.65. The number of carbonyl (C=O) groups is 1. The number of rotatable bonds is 3. The van der Waals surface area contributed by atoms with Crippen molar-refractivity contribution in [3.8, 4) is 0 Å². The Hall–Kier alpha value is -1.58. The first-order valence-electron chi connectivity index (χ1n) is 7.65. The van der Waals surface area contributed by atoms with Gasteiger partial charge in [-0.1, -0.05) is 0 Å². The quantitative estimate of drug-likeness (QED) is 0.888. The van der Waals surface area contributed by atoms with Gasteiger partial charge in [-0.05, 0) is 67.9 Å². The molecule has 0 aliphatic heterocycles. The van der Waals surface area contributed by atoms with E-state index in [4.69, 9.17) is 5.11 Å². The molecule has 5 rings (SSSR count). The average Bonchev–Trinajstić information content (AvgIpc) is 2.42. The molecule has 0 aromatic carbocycles. The van der Waals surface area contributed by atoms with Gasteiger partial charge in [-0.15, -0.1) is 0 Å². The predicted octanol–water partition coefficient (Wildman–Crippen LogP) is 3.02. The lowest BCUT2D eigenvalue weighted by Crippen LogP contribution is -2.51. The van der Waals surface area contributed by atoms with Crippen LogP contribution in [0.3, 0.4) is 0 Å². The third-order valence-corrected chi connectivity index (χ3v) is 5.55. The van der Waals surface area contributed by atoms with Crippen molar-refractivity contribution >= 4 is 11.8 Å². The molecule has 4 aliphatic rings. The summed E-state index contributed by atoms with van der Waals surface area (Å²) in [7, 11) is 0. The Morgan fingerprint density at radius 2 is 1.75 bits per heavy atom. The summed E-state index contributed by atoms with van der Waals surface area (Å²) in [6.07, 6.45) is 8.40. The molecule has 4 fully saturated rings. The van der Waals surface area contributed by atoms with Crippen LogP contribution >= 0.6 is 0 Å². The normalized spacial score (nSPS) is 37.9. The molecule has 0 unspecified atom stereocenters. The van der Waals surface area contributed by atoms with Gasteiger partial charge in [-0.25, -0.2) is 9.78 Å². The van der Waals surface area contributed by atoms with E-state index in [2.05, 4.69) is 10.3 Å². The third kappa shape index (κ3) is 1.98. The number of aromatic nitrogens is 1. The van der Waals surface area contributed by atoms with E-state index in [1.54, 1.807) is 12.1 Å². The van der Waals surface area contributed by atoms with Crippen LogP contribution in [0, 0.1) is 23.7 Å². The van der Waals surface area contributed by atoms with Crippen molar-refractivity contribution in [2.24, 2.45) is 23.7 Å². The first-order chi connectivity index (χ1) is 9.69. The Bertz CT molecular complexity index is 498. The fraction of sp³-hybridized carbons (Fsp3) is 0.625. The van der Waals surface area contributed by atoms with Gasteiger partial charge in [-0.2, -0.15) is 0 Å². The summed E-state index contributed by atoms with van der Waals surface area (Å²) in [5.41, 5.74) is 0.251. The van der Waals surface area contributed by atoms with E-state index in [0.717, 1.165) is 29.5 Å². The molecule has 1 aromatic rings. The van der Waals surface area contributed by atoms with Crippen molar-refractivity contribution < 1.29 is 9.90 Å². The molecule has 4 nitrogen and oxygen atoms in total. The number of nitrogens with zero attached hydrogens (tertiary/aromatic N) is 1. The molecule has 0 atom stereocenters. The molecular weight excluding hydrogens is 252 g/mol. The highest BCUT2D eigenvalue weighted by atomic mass is 16.4. The Morgan fingerprint density at radius 1 is 1.10 bits per heavy atom. The maximum absolute atomic E-state index is 10.8. The van der Waals surface area contributed by atoms with Crippen LogP contribution in [-0.2, 0) is 0 Å². The second-order valence-electron chi connectivity index (χ2n) is 6.84. The fourth-order valence-electron chi connectivity index (χ4n) is 4.94. The molecule has 106 valence electrons. The number of carboxylic acid groups (broad SMARTS) is 1. The van der Waals surface area contributed by atoms with Gasteiger partial charge in [0.15, 0.2) is 0 Å². The van der Waals surface area contributed by atoms with Gasteiger partial charge in [0.2, 0.25) is 0 Å². The summed E-state index contributed by atoms with van der Waals surface area (Å²) in [6.45, 7) is 0. The van der Waals surface area contributed by atoms with Crippen LogP contribution in [0.1, 0.15) is 42.5 Å². The zero-order chi connectivity index (χ0) is 13.7. The maximum Gasteiger partial charge on any atom is 0.337 e. The molecule has 1 aromatic heterocycles. The summed E-state index contributed by atoms with van der Waals surface area (Å²) in [4.78, 5) is 15.1. The van der Waals surface area contributed by atoms with E-state index in [0.29, 0.717) is 6.04 Å². The summed E-state index contributed by atoms with van der Waals surface area (Å²) >= 11 is 0. The molecule has 2 N–H and O–H groups in total. The Kier molecular flexibility index (Phi) is 2.72. The molecule has 4 bridgehead atoms. The lowest BCUT2D eigenvalue weighted by molar-refractivity contribution is 0.00741. The molecule has 1 heterocycles. The summed E-state index contributed by atoms with van der Waals surface area (Å²) in [5.74, 6) is 3.45. The lowest BCUT2D eigenvalue weighted by atomic mass is 9.54. The lowest BCUT2D eigenvalue weighted by Gasteiger charge is -2.54. The third-order valence-electron chi connectivity index (χ3n) is 5.55. The van der Waals surface area contributed by atoms with Crippen LogP contribution in [-0.4, -0.2) is 22.1 Å². The SMILES string of the molecule is O=C(O)c1ccc(NC2C3CC4CC(C3)CC2C4)nc1. The highest BCUT2D eigenvalue weighted by molar-refractivity contribution is 5.87. The minimum absolute atomic E-state index is 0.251. The van der Waals surface area contributed by atoms with Gasteiger partial charge in [0.05, 0.1) is 5.56 Å². The second kappa shape index (κ2) is 4.47. The highest BCUT2D eigenvalue weighted by Gasteiger charge is 2.48. The number of aromatic carboxylic acids is 1. The van der Waals surface area contributed by atoms with Crippen molar-refractivity contribution in [1.29, 1.82) is 0 Å². The van der Waals surface area contributed by atoms with E-state index < -0.39 is 5.97 Å². The smallest absolute Gasteiger partial charge is 0.337 e. The molecule has 4 saturated carbocycles. The van der Waals surface area contributed by atoms with Crippen LogP contribution in [0.4, 0.5) is 5.82 Å². The molecule has 4 aliphatic carbocycles. The molecule has 0 amide bonds. The zero-order valence-corrected chi connectivity index (χ0v) is 11.5. The van der Waals surface area contributed by atoms with Crippen LogP contribution in [0.15, 0.2) is 18.3 Å². The largest absolute Gasteiger partial charge is 0.478 e. The van der Waals surface area contributed by atoms with Gasteiger partial charge < -0.3 is 10.4 Å². The van der Waals surface area contributed by atoms with E-state index >= 15 is 0 Å². The highest BCUT2D eigenvalue weighted by Crippen LogP contribution is 2.54. The van der Waals surface area contributed by atoms with Gasteiger partial charge in [0.25, 0.3) is 0 Å². The molecular formula is C16H20N2O2. The van der Waals surface area contributed by atoms with E-state index in [9.17, 15) is 4.79 Å². The predicted molar refractivity (Wildman–Crippen MR) is 75.7 cm³/mol. The van der Waals surface area contributed by atoms with Crippen molar-refractivity contribution in [3.63, 3.8) is 0 Å². The van der Waals surface area contributed by atoms with Gasteiger partial charge in [0.1, 0.15) is 5.82 Å². The van der Waals surface area contributed by atoms with Crippen molar-refractivity contribution in [2.75, 3.05) is 5.32 Å². The summed E-state index contributed by atoms with van der Waals surface area (Å²) in [5, 5.41) is 12.5. The topological polar surface area (TPSA) is 62.2 Å². The molecule has 4 heteroatoms. The van der Waals surface area contributed by atoms with Crippen LogP contribution in [0.2, 0.25) is 0 Å².